The lowest BCUT2D eigenvalue weighted by molar-refractivity contribution is 0.0691. The number of carboxylic acid groups (broad SMARTS) is 1. The lowest BCUT2D eigenvalue weighted by Crippen LogP contribution is -2.35. The van der Waals surface area contributed by atoms with E-state index in [1.54, 1.807) is 18.2 Å². The molecule has 0 aliphatic heterocycles. The smallest absolute Gasteiger partial charge is 0.336 e. The Kier molecular flexibility index (Phi) is 6.12. The van der Waals surface area contributed by atoms with Crippen LogP contribution in [0.5, 0.6) is 0 Å². The van der Waals surface area contributed by atoms with Gasteiger partial charge in [0.25, 0.3) is 5.91 Å². The third-order valence-electron chi connectivity index (χ3n) is 3.89. The van der Waals surface area contributed by atoms with Crippen LogP contribution in [0.4, 0.5) is 0 Å². The molecule has 0 aliphatic carbocycles. The van der Waals surface area contributed by atoms with Crippen molar-refractivity contribution in [3.05, 3.63) is 64.7 Å². The fourth-order valence-electron chi connectivity index (χ4n) is 2.29. The highest BCUT2D eigenvalue weighted by Gasteiger charge is 2.16. The van der Waals surface area contributed by atoms with Gasteiger partial charge in [-0.05, 0) is 49.2 Å². The van der Waals surface area contributed by atoms with Crippen molar-refractivity contribution < 1.29 is 23.1 Å². The molecule has 26 heavy (non-hydrogen) atoms. The summed E-state index contributed by atoms with van der Waals surface area (Å²) in [4.78, 5) is 23.4. The number of aromatic carboxylic acids is 1. The second kappa shape index (κ2) is 8.11. The summed E-state index contributed by atoms with van der Waals surface area (Å²) in [6.07, 6.45) is 0. The minimum Gasteiger partial charge on any atom is -0.478 e. The van der Waals surface area contributed by atoms with Crippen molar-refractivity contribution >= 4 is 21.9 Å². The Morgan fingerprint density at radius 2 is 1.62 bits per heavy atom. The predicted molar refractivity (Wildman–Crippen MR) is 96.8 cm³/mol. The van der Waals surface area contributed by atoms with Gasteiger partial charge in [-0.1, -0.05) is 18.2 Å². The normalized spacial score (nSPS) is 11.2. The van der Waals surface area contributed by atoms with Crippen LogP contribution in [0.15, 0.2) is 47.4 Å². The van der Waals surface area contributed by atoms with E-state index in [4.69, 9.17) is 5.11 Å². The zero-order chi connectivity index (χ0) is 19.3. The highest BCUT2D eigenvalue weighted by Crippen LogP contribution is 2.14. The third-order valence-corrected chi connectivity index (χ3v) is 5.35. The van der Waals surface area contributed by atoms with Gasteiger partial charge < -0.3 is 10.4 Å². The average Bonchev–Trinajstić information content (AvgIpc) is 2.60. The summed E-state index contributed by atoms with van der Waals surface area (Å²) < 4.78 is 26.9. The first-order chi connectivity index (χ1) is 12.2. The van der Waals surface area contributed by atoms with E-state index < -0.39 is 21.9 Å². The summed E-state index contributed by atoms with van der Waals surface area (Å²) in [5.74, 6) is -1.78. The Morgan fingerprint density at radius 1 is 0.962 bits per heavy atom. The fraction of sp³-hybridized carbons (Fsp3) is 0.222. The van der Waals surface area contributed by atoms with Crippen molar-refractivity contribution in [2.24, 2.45) is 0 Å². The number of hydrogen-bond donors (Lipinski definition) is 3. The maximum atomic E-state index is 12.3. The molecule has 0 saturated heterocycles. The second-order valence-electron chi connectivity index (χ2n) is 5.75. The standard InChI is InChI=1S/C18H20N2O5S/c1-12-7-8-14(11-13(12)2)26(24,25)20-10-9-19-17(21)15-5-3-4-6-16(15)18(22)23/h3-8,11,20H,9-10H2,1-2H3,(H,19,21)(H,22,23). The molecule has 2 aromatic carbocycles. The average molecular weight is 376 g/mol. The van der Waals surface area contributed by atoms with Gasteiger partial charge in [-0.2, -0.15) is 0 Å². The molecule has 0 radical (unpaired) electrons. The van der Waals surface area contributed by atoms with Gasteiger partial charge in [0, 0.05) is 13.1 Å². The lowest BCUT2D eigenvalue weighted by atomic mass is 10.1. The van der Waals surface area contributed by atoms with E-state index in [2.05, 4.69) is 10.0 Å². The Labute approximate surface area is 152 Å². The van der Waals surface area contributed by atoms with Crippen molar-refractivity contribution in [3.63, 3.8) is 0 Å². The van der Waals surface area contributed by atoms with Crippen LogP contribution in [-0.4, -0.2) is 38.5 Å². The van der Waals surface area contributed by atoms with Crippen molar-refractivity contribution in [3.8, 4) is 0 Å². The van der Waals surface area contributed by atoms with Crippen LogP contribution < -0.4 is 10.0 Å². The molecule has 138 valence electrons. The second-order valence-corrected chi connectivity index (χ2v) is 7.52. The summed E-state index contributed by atoms with van der Waals surface area (Å²) in [6, 6.07) is 10.7. The molecule has 3 N–H and O–H groups in total. The zero-order valence-corrected chi connectivity index (χ0v) is 15.3. The highest BCUT2D eigenvalue weighted by molar-refractivity contribution is 7.89. The molecular formula is C18H20N2O5S. The largest absolute Gasteiger partial charge is 0.478 e. The van der Waals surface area contributed by atoms with Gasteiger partial charge in [-0.25, -0.2) is 17.9 Å². The van der Waals surface area contributed by atoms with Gasteiger partial charge in [0.15, 0.2) is 0 Å². The fourth-order valence-corrected chi connectivity index (χ4v) is 3.41. The molecule has 0 bridgehead atoms. The minimum absolute atomic E-state index is 0.0176. The molecule has 0 saturated carbocycles. The van der Waals surface area contributed by atoms with Gasteiger partial charge in [-0.15, -0.1) is 0 Å². The first-order valence-electron chi connectivity index (χ1n) is 7.90. The molecule has 0 atom stereocenters. The van der Waals surface area contributed by atoms with Crippen LogP contribution in [0.25, 0.3) is 0 Å². The summed E-state index contributed by atoms with van der Waals surface area (Å²) in [6.45, 7) is 3.73. The van der Waals surface area contributed by atoms with Gasteiger partial charge >= 0.3 is 5.97 Å². The summed E-state index contributed by atoms with van der Waals surface area (Å²) in [5.41, 5.74) is 1.78. The molecule has 2 aromatic rings. The Morgan fingerprint density at radius 3 is 2.23 bits per heavy atom. The lowest BCUT2D eigenvalue weighted by Gasteiger charge is -2.10. The third kappa shape index (κ3) is 4.68. The summed E-state index contributed by atoms with van der Waals surface area (Å²) in [5, 5.41) is 11.6. The van der Waals surface area contributed by atoms with Crippen LogP contribution in [-0.2, 0) is 10.0 Å². The van der Waals surface area contributed by atoms with Gasteiger partial charge in [0.2, 0.25) is 10.0 Å². The Hall–Kier alpha value is -2.71. The van der Waals surface area contributed by atoms with Crippen LogP contribution >= 0.6 is 0 Å². The molecule has 2 rings (SSSR count). The van der Waals surface area contributed by atoms with Crippen LogP contribution in [0.1, 0.15) is 31.8 Å². The number of nitrogens with one attached hydrogen (secondary N) is 2. The van der Waals surface area contributed by atoms with E-state index in [1.165, 1.54) is 24.3 Å². The van der Waals surface area contributed by atoms with Crippen LogP contribution in [0.3, 0.4) is 0 Å². The maximum Gasteiger partial charge on any atom is 0.336 e. The SMILES string of the molecule is Cc1ccc(S(=O)(=O)NCCNC(=O)c2ccccc2C(=O)O)cc1C. The van der Waals surface area contributed by atoms with E-state index in [9.17, 15) is 18.0 Å². The predicted octanol–water partition coefficient (Wildman–Crippen LogP) is 1.71. The van der Waals surface area contributed by atoms with E-state index in [0.29, 0.717) is 0 Å². The number of hydrogen-bond acceptors (Lipinski definition) is 4. The van der Waals surface area contributed by atoms with Crippen molar-refractivity contribution in [2.75, 3.05) is 13.1 Å². The monoisotopic (exact) mass is 376 g/mol. The maximum absolute atomic E-state index is 12.3. The molecule has 0 spiro atoms. The molecule has 8 heteroatoms. The molecule has 0 aliphatic rings. The van der Waals surface area contributed by atoms with Gasteiger partial charge in [0.05, 0.1) is 16.0 Å². The quantitative estimate of drug-likeness (QED) is 0.637. The molecule has 0 heterocycles. The number of benzene rings is 2. The molecule has 1 amide bonds. The van der Waals surface area contributed by atoms with Crippen molar-refractivity contribution in [2.45, 2.75) is 18.7 Å². The van der Waals surface area contributed by atoms with Gasteiger partial charge in [0.1, 0.15) is 0 Å². The minimum atomic E-state index is -3.68. The topological polar surface area (TPSA) is 113 Å². The first-order valence-corrected chi connectivity index (χ1v) is 9.38. The molecule has 0 unspecified atom stereocenters. The van der Waals surface area contributed by atoms with E-state index in [-0.39, 0.29) is 29.1 Å². The summed E-state index contributed by atoms with van der Waals surface area (Å²) in [7, 11) is -3.68. The Balaban J connectivity index is 1.95. The number of rotatable bonds is 7. The number of carboxylic acids is 1. The van der Waals surface area contributed by atoms with Crippen molar-refractivity contribution in [1.82, 2.24) is 10.0 Å². The van der Waals surface area contributed by atoms with Gasteiger partial charge in [-0.3, -0.25) is 4.79 Å². The molecule has 0 fully saturated rings. The van der Waals surface area contributed by atoms with E-state index in [1.807, 2.05) is 13.8 Å². The Bertz CT molecular complexity index is 938. The van der Waals surface area contributed by atoms with Crippen LogP contribution in [0.2, 0.25) is 0 Å². The number of amides is 1. The number of aryl methyl sites for hydroxylation is 2. The van der Waals surface area contributed by atoms with E-state index in [0.717, 1.165) is 11.1 Å². The zero-order valence-electron chi connectivity index (χ0n) is 14.4. The molecule has 7 nitrogen and oxygen atoms in total. The number of carbonyl (C=O) groups is 2. The highest BCUT2D eigenvalue weighted by atomic mass is 32.2. The molecular weight excluding hydrogens is 356 g/mol. The number of carbonyl (C=O) groups excluding carboxylic acids is 1. The van der Waals surface area contributed by atoms with Crippen molar-refractivity contribution in [1.29, 1.82) is 0 Å². The molecule has 0 aromatic heterocycles. The summed E-state index contributed by atoms with van der Waals surface area (Å²) >= 11 is 0. The van der Waals surface area contributed by atoms with E-state index >= 15 is 0 Å². The van der Waals surface area contributed by atoms with Crippen LogP contribution in [0, 0.1) is 13.8 Å². The number of sulfonamides is 1. The first kappa shape index (κ1) is 19.6.